The van der Waals surface area contributed by atoms with Crippen molar-refractivity contribution in [2.24, 2.45) is 11.8 Å². The van der Waals surface area contributed by atoms with Gasteiger partial charge in [-0.05, 0) is 42.4 Å². The lowest BCUT2D eigenvalue weighted by atomic mass is 9.91. The molecule has 0 aliphatic heterocycles. The smallest absolute Gasteiger partial charge is 0.118 e. The summed E-state index contributed by atoms with van der Waals surface area (Å²) >= 11 is 0. The largest absolute Gasteiger partial charge is 0.508 e. The van der Waals surface area contributed by atoms with Crippen molar-refractivity contribution >= 4 is 0 Å². The lowest BCUT2D eigenvalue weighted by Gasteiger charge is -2.15. The van der Waals surface area contributed by atoms with Crippen molar-refractivity contribution in [3.05, 3.63) is 29.3 Å². The number of benzene rings is 1. The zero-order valence-corrected chi connectivity index (χ0v) is 9.54. The second kappa shape index (κ2) is 4.50. The van der Waals surface area contributed by atoms with E-state index in [1.54, 1.807) is 0 Å². The van der Waals surface area contributed by atoms with E-state index in [2.05, 4.69) is 26.8 Å². The van der Waals surface area contributed by atoms with Gasteiger partial charge in [0, 0.05) is 0 Å². The Labute approximate surface area is 86.8 Å². The van der Waals surface area contributed by atoms with Crippen LogP contribution in [0, 0.1) is 18.8 Å². The molecule has 1 aromatic rings. The van der Waals surface area contributed by atoms with Gasteiger partial charge < -0.3 is 5.11 Å². The van der Waals surface area contributed by atoms with Gasteiger partial charge in [0.05, 0.1) is 0 Å². The third-order valence-electron chi connectivity index (χ3n) is 2.97. The highest BCUT2D eigenvalue weighted by molar-refractivity contribution is 5.35. The highest BCUT2D eigenvalue weighted by atomic mass is 16.3. The summed E-state index contributed by atoms with van der Waals surface area (Å²) in [6, 6.07) is 5.97. The molecule has 0 bridgehead atoms. The maximum Gasteiger partial charge on any atom is 0.118 e. The van der Waals surface area contributed by atoms with Crippen LogP contribution in [0.4, 0.5) is 0 Å². The van der Waals surface area contributed by atoms with E-state index < -0.39 is 0 Å². The first kappa shape index (κ1) is 11.1. The van der Waals surface area contributed by atoms with Crippen molar-refractivity contribution in [2.45, 2.75) is 34.1 Å². The molecule has 0 radical (unpaired) electrons. The van der Waals surface area contributed by atoms with Crippen molar-refractivity contribution < 1.29 is 5.11 Å². The Morgan fingerprint density at radius 2 is 1.86 bits per heavy atom. The molecule has 0 aliphatic rings. The van der Waals surface area contributed by atoms with Crippen molar-refractivity contribution in [2.75, 3.05) is 0 Å². The summed E-state index contributed by atoms with van der Waals surface area (Å²) in [6.07, 6.45) is 1.05. The number of aryl methyl sites for hydroxylation is 1. The van der Waals surface area contributed by atoms with Gasteiger partial charge >= 0.3 is 0 Å². The second-order valence-corrected chi connectivity index (χ2v) is 4.55. The molecule has 0 heterocycles. The average molecular weight is 192 g/mol. The molecule has 1 N–H and O–H groups in total. The minimum Gasteiger partial charge on any atom is -0.508 e. The molecule has 78 valence electrons. The third kappa shape index (κ3) is 2.76. The molecule has 1 unspecified atom stereocenters. The van der Waals surface area contributed by atoms with E-state index >= 15 is 0 Å². The van der Waals surface area contributed by atoms with Crippen LogP contribution < -0.4 is 0 Å². The number of aromatic hydroxyl groups is 1. The number of phenolic OH excluding ortho intramolecular Hbond substituents is 1. The summed E-state index contributed by atoms with van der Waals surface area (Å²) in [6.45, 7) is 8.64. The first-order chi connectivity index (χ1) is 6.50. The van der Waals surface area contributed by atoms with Gasteiger partial charge in [-0.3, -0.25) is 0 Å². The predicted octanol–water partition coefficient (Wildman–Crippen LogP) is 3.54. The minimum atomic E-state index is 0.415. The summed E-state index contributed by atoms with van der Waals surface area (Å²) in [7, 11) is 0. The Morgan fingerprint density at radius 3 is 2.36 bits per heavy atom. The van der Waals surface area contributed by atoms with Crippen molar-refractivity contribution in [1.29, 1.82) is 0 Å². The van der Waals surface area contributed by atoms with Crippen LogP contribution in [0.2, 0.25) is 0 Å². The van der Waals surface area contributed by atoms with Gasteiger partial charge in [0.1, 0.15) is 5.75 Å². The molecule has 0 saturated heterocycles. The first-order valence-electron chi connectivity index (χ1n) is 5.29. The van der Waals surface area contributed by atoms with E-state index in [0.717, 1.165) is 12.0 Å². The normalized spacial score (nSPS) is 13.2. The molecule has 0 fully saturated rings. The Hall–Kier alpha value is -0.980. The molecule has 14 heavy (non-hydrogen) atoms. The molecule has 0 spiro atoms. The van der Waals surface area contributed by atoms with Crippen LogP contribution >= 0.6 is 0 Å². The fourth-order valence-corrected chi connectivity index (χ4v) is 1.39. The zero-order valence-electron chi connectivity index (χ0n) is 9.54. The van der Waals surface area contributed by atoms with Crippen LogP contribution in [0.25, 0.3) is 0 Å². The molecule has 1 rings (SSSR count). The highest BCUT2D eigenvalue weighted by Gasteiger charge is 2.08. The van der Waals surface area contributed by atoms with E-state index in [9.17, 15) is 5.11 Å². The Balaban J connectivity index is 2.73. The molecule has 0 aromatic heterocycles. The minimum absolute atomic E-state index is 0.415. The molecule has 0 amide bonds. The van der Waals surface area contributed by atoms with Crippen molar-refractivity contribution in [3.8, 4) is 5.75 Å². The van der Waals surface area contributed by atoms with Crippen LogP contribution in [-0.2, 0) is 6.42 Å². The van der Waals surface area contributed by atoms with Gasteiger partial charge in [0.2, 0.25) is 0 Å². The van der Waals surface area contributed by atoms with Crippen LogP contribution in [0.1, 0.15) is 31.9 Å². The fourth-order valence-electron chi connectivity index (χ4n) is 1.39. The van der Waals surface area contributed by atoms with Crippen LogP contribution in [0.15, 0.2) is 18.2 Å². The average Bonchev–Trinajstić information content (AvgIpc) is 2.11. The Kier molecular flexibility index (Phi) is 3.56. The lowest BCUT2D eigenvalue weighted by Crippen LogP contribution is -2.07. The standard InChI is InChI=1S/C13H20O/c1-9(2)11(4)7-12-6-5-10(3)13(14)8-12/h5-6,8-9,11,14H,7H2,1-4H3. The van der Waals surface area contributed by atoms with E-state index in [1.165, 1.54) is 5.56 Å². The maximum absolute atomic E-state index is 9.55. The predicted molar refractivity (Wildman–Crippen MR) is 60.5 cm³/mol. The molecule has 1 atom stereocenters. The number of rotatable bonds is 3. The number of hydrogen-bond acceptors (Lipinski definition) is 1. The van der Waals surface area contributed by atoms with Crippen LogP contribution in [0.5, 0.6) is 5.75 Å². The summed E-state index contributed by atoms with van der Waals surface area (Å²) in [4.78, 5) is 0. The molecular formula is C13H20O. The van der Waals surface area contributed by atoms with Gasteiger partial charge in [-0.15, -0.1) is 0 Å². The van der Waals surface area contributed by atoms with E-state index in [1.807, 2.05) is 19.1 Å². The number of hydrogen-bond donors (Lipinski definition) is 1. The molecule has 1 nitrogen and oxygen atoms in total. The van der Waals surface area contributed by atoms with Gasteiger partial charge in [0.15, 0.2) is 0 Å². The van der Waals surface area contributed by atoms with E-state index in [4.69, 9.17) is 0 Å². The van der Waals surface area contributed by atoms with E-state index in [0.29, 0.717) is 17.6 Å². The third-order valence-corrected chi connectivity index (χ3v) is 2.97. The first-order valence-corrected chi connectivity index (χ1v) is 5.29. The summed E-state index contributed by atoms with van der Waals surface area (Å²) in [5, 5.41) is 9.55. The highest BCUT2D eigenvalue weighted by Crippen LogP contribution is 2.22. The zero-order chi connectivity index (χ0) is 10.7. The summed E-state index contributed by atoms with van der Waals surface area (Å²) < 4.78 is 0. The van der Waals surface area contributed by atoms with Crippen molar-refractivity contribution in [1.82, 2.24) is 0 Å². The van der Waals surface area contributed by atoms with Gasteiger partial charge in [-0.2, -0.15) is 0 Å². The topological polar surface area (TPSA) is 20.2 Å². The monoisotopic (exact) mass is 192 g/mol. The van der Waals surface area contributed by atoms with Gasteiger partial charge in [-0.1, -0.05) is 32.9 Å². The Morgan fingerprint density at radius 1 is 1.21 bits per heavy atom. The van der Waals surface area contributed by atoms with Gasteiger partial charge in [0.25, 0.3) is 0 Å². The van der Waals surface area contributed by atoms with Crippen LogP contribution in [0.3, 0.4) is 0 Å². The second-order valence-electron chi connectivity index (χ2n) is 4.55. The molecule has 1 aromatic carbocycles. The number of phenols is 1. The maximum atomic E-state index is 9.55. The lowest BCUT2D eigenvalue weighted by molar-refractivity contribution is 0.415. The summed E-state index contributed by atoms with van der Waals surface area (Å²) in [5.41, 5.74) is 2.18. The Bertz CT molecular complexity index is 302. The van der Waals surface area contributed by atoms with E-state index in [-0.39, 0.29) is 0 Å². The summed E-state index contributed by atoms with van der Waals surface area (Å²) in [5.74, 6) is 1.77. The molecule has 0 saturated carbocycles. The van der Waals surface area contributed by atoms with Gasteiger partial charge in [-0.25, -0.2) is 0 Å². The molecular weight excluding hydrogens is 172 g/mol. The fraction of sp³-hybridized carbons (Fsp3) is 0.538. The van der Waals surface area contributed by atoms with Crippen LogP contribution in [-0.4, -0.2) is 5.11 Å². The van der Waals surface area contributed by atoms with Crippen molar-refractivity contribution in [3.63, 3.8) is 0 Å². The molecule has 1 heteroatoms. The molecule has 0 aliphatic carbocycles. The quantitative estimate of drug-likeness (QED) is 0.776. The SMILES string of the molecule is Cc1ccc(CC(C)C(C)C)cc1O.